The monoisotopic (exact) mass is 282 g/mol. The zero-order chi connectivity index (χ0) is 14.0. The minimum atomic E-state index is -1.47. The van der Waals surface area contributed by atoms with Crippen molar-refractivity contribution in [2.45, 2.75) is 30.9 Å². The van der Waals surface area contributed by atoms with Crippen LogP contribution < -0.4 is 5.32 Å². The topological polar surface area (TPSA) is 85.3 Å². The summed E-state index contributed by atoms with van der Waals surface area (Å²) >= 11 is 0. The minimum Gasteiger partial charge on any atom is -0.468 e. The summed E-state index contributed by atoms with van der Waals surface area (Å²) < 4.78 is 22.2. The van der Waals surface area contributed by atoms with Gasteiger partial charge in [0.05, 0.1) is 27.7 Å². The van der Waals surface area contributed by atoms with Gasteiger partial charge in [0.25, 0.3) is 0 Å². The molecular weight excluding hydrogens is 268 g/mol. The van der Waals surface area contributed by atoms with E-state index in [1.165, 1.54) is 6.26 Å². The van der Waals surface area contributed by atoms with Crippen molar-refractivity contribution in [3.8, 4) is 0 Å². The Kier molecular flexibility index (Phi) is 3.84. The second-order valence-corrected chi connectivity index (χ2v) is 5.84. The molecule has 0 spiro atoms. The Hall–Kier alpha value is -1.89. The summed E-state index contributed by atoms with van der Waals surface area (Å²) in [5.41, 5.74) is 0.662. The highest BCUT2D eigenvalue weighted by Gasteiger charge is 2.24. The fourth-order valence-corrected chi connectivity index (χ4v) is 2.67. The molecule has 2 aromatic heterocycles. The maximum atomic E-state index is 12.2. The van der Waals surface area contributed by atoms with E-state index in [4.69, 9.17) is 8.94 Å². The molecule has 102 valence electrons. The fourth-order valence-electron chi connectivity index (χ4n) is 1.52. The van der Waals surface area contributed by atoms with E-state index in [1.54, 1.807) is 32.9 Å². The van der Waals surface area contributed by atoms with E-state index in [-0.39, 0.29) is 5.88 Å². The lowest BCUT2D eigenvalue weighted by molar-refractivity contribution is -0.115. The van der Waals surface area contributed by atoms with Gasteiger partial charge in [0.2, 0.25) is 11.8 Å². The van der Waals surface area contributed by atoms with Crippen LogP contribution in [0.1, 0.15) is 18.4 Å². The molecule has 0 aliphatic carbocycles. The van der Waals surface area contributed by atoms with Crippen molar-refractivity contribution < 1.29 is 17.9 Å². The van der Waals surface area contributed by atoms with Gasteiger partial charge < -0.3 is 8.94 Å². The van der Waals surface area contributed by atoms with Crippen LogP contribution in [0.25, 0.3) is 0 Å². The molecule has 0 fully saturated rings. The van der Waals surface area contributed by atoms with Crippen LogP contribution >= 0.6 is 0 Å². The smallest absolute Gasteiger partial charge is 0.242 e. The standard InChI is InChI=1S/C12H14N2O4S/c1-7-6-11(18-14-7)13-12(15)9(3)19(16)10-4-5-17-8(10)2/h4-6,9H,1-3H3,(H,13,15)/t9-,19-/m0/s1. The van der Waals surface area contributed by atoms with Gasteiger partial charge in [-0.2, -0.15) is 0 Å². The van der Waals surface area contributed by atoms with Gasteiger partial charge in [-0.3, -0.25) is 14.3 Å². The first kappa shape index (κ1) is 13.5. The molecule has 2 aromatic rings. The van der Waals surface area contributed by atoms with Crippen molar-refractivity contribution in [3.63, 3.8) is 0 Å². The molecule has 0 saturated carbocycles. The predicted octanol–water partition coefficient (Wildman–Crippen LogP) is 2.02. The van der Waals surface area contributed by atoms with Crippen molar-refractivity contribution in [2.24, 2.45) is 0 Å². The zero-order valence-corrected chi connectivity index (χ0v) is 11.6. The molecule has 2 atom stereocenters. The molecule has 0 saturated heterocycles. The number of amides is 1. The maximum absolute atomic E-state index is 12.2. The summed E-state index contributed by atoms with van der Waals surface area (Å²) in [6.07, 6.45) is 1.45. The third-order valence-electron chi connectivity index (χ3n) is 2.59. The molecule has 0 aliphatic rings. The molecule has 6 nitrogen and oxygen atoms in total. The summed E-state index contributed by atoms with van der Waals surface area (Å²) in [5, 5.41) is 5.47. The van der Waals surface area contributed by atoms with Gasteiger partial charge in [-0.15, -0.1) is 0 Å². The normalized spacial score (nSPS) is 14.1. The average molecular weight is 282 g/mol. The molecular formula is C12H14N2O4S. The fraction of sp³-hybridized carbons (Fsp3) is 0.333. The lowest BCUT2D eigenvalue weighted by atomic mass is 10.4. The molecule has 0 bridgehead atoms. The molecule has 1 amide bonds. The second-order valence-electron chi connectivity index (χ2n) is 4.10. The predicted molar refractivity (Wildman–Crippen MR) is 69.2 cm³/mol. The van der Waals surface area contributed by atoms with Crippen molar-refractivity contribution >= 4 is 22.6 Å². The van der Waals surface area contributed by atoms with Crippen LogP contribution in [0.4, 0.5) is 5.88 Å². The quantitative estimate of drug-likeness (QED) is 0.927. The number of rotatable bonds is 4. The SMILES string of the molecule is Cc1cc(NC(=O)[C@H](C)[S@](=O)c2ccoc2C)on1. The van der Waals surface area contributed by atoms with Crippen LogP contribution in [0.2, 0.25) is 0 Å². The Morgan fingerprint density at radius 3 is 2.74 bits per heavy atom. The number of aryl methyl sites for hydroxylation is 2. The molecule has 0 aliphatic heterocycles. The van der Waals surface area contributed by atoms with Gasteiger partial charge in [-0.1, -0.05) is 5.16 Å². The van der Waals surface area contributed by atoms with Crippen molar-refractivity contribution in [1.82, 2.24) is 5.16 Å². The minimum absolute atomic E-state index is 0.246. The lowest BCUT2D eigenvalue weighted by Crippen LogP contribution is -2.29. The third-order valence-corrected chi connectivity index (χ3v) is 4.31. The number of nitrogens with one attached hydrogen (secondary N) is 1. The van der Waals surface area contributed by atoms with Gasteiger partial charge >= 0.3 is 0 Å². The maximum Gasteiger partial charge on any atom is 0.242 e. The summed E-state index contributed by atoms with van der Waals surface area (Å²) in [4.78, 5) is 12.5. The van der Waals surface area contributed by atoms with Crippen LogP contribution in [0, 0.1) is 13.8 Å². The lowest BCUT2D eigenvalue weighted by Gasteiger charge is -2.09. The molecule has 1 N–H and O–H groups in total. The van der Waals surface area contributed by atoms with E-state index in [1.807, 2.05) is 0 Å². The highest BCUT2D eigenvalue weighted by Crippen LogP contribution is 2.18. The van der Waals surface area contributed by atoms with E-state index < -0.39 is 22.0 Å². The van der Waals surface area contributed by atoms with Crippen molar-refractivity contribution in [3.05, 3.63) is 29.9 Å². The number of aromatic nitrogens is 1. The van der Waals surface area contributed by atoms with E-state index >= 15 is 0 Å². The van der Waals surface area contributed by atoms with Gasteiger partial charge in [-0.05, 0) is 26.8 Å². The van der Waals surface area contributed by atoms with E-state index in [0.29, 0.717) is 16.3 Å². The number of carbonyl (C=O) groups excluding carboxylic acids is 1. The Morgan fingerprint density at radius 1 is 1.47 bits per heavy atom. The number of anilines is 1. The van der Waals surface area contributed by atoms with Crippen LogP contribution in [-0.2, 0) is 15.6 Å². The molecule has 0 radical (unpaired) electrons. The number of carbonyl (C=O) groups is 1. The van der Waals surface area contributed by atoms with Gasteiger partial charge in [0.1, 0.15) is 11.0 Å². The zero-order valence-electron chi connectivity index (χ0n) is 10.8. The molecule has 19 heavy (non-hydrogen) atoms. The third kappa shape index (κ3) is 2.93. The van der Waals surface area contributed by atoms with Gasteiger partial charge in [0.15, 0.2) is 0 Å². The van der Waals surface area contributed by atoms with Gasteiger partial charge in [-0.25, -0.2) is 0 Å². The van der Waals surface area contributed by atoms with E-state index in [2.05, 4.69) is 10.5 Å². The second kappa shape index (κ2) is 5.40. The number of hydrogen-bond donors (Lipinski definition) is 1. The van der Waals surface area contributed by atoms with Crippen LogP contribution in [0.15, 0.2) is 32.2 Å². The van der Waals surface area contributed by atoms with E-state index in [9.17, 15) is 9.00 Å². The summed E-state index contributed by atoms with van der Waals surface area (Å²) in [6, 6.07) is 3.20. The Morgan fingerprint density at radius 2 is 2.21 bits per heavy atom. The number of hydrogen-bond acceptors (Lipinski definition) is 5. The Bertz CT molecular complexity index is 617. The Labute approximate surface area is 112 Å². The molecule has 7 heteroatoms. The Balaban J connectivity index is 2.07. The van der Waals surface area contributed by atoms with Crippen molar-refractivity contribution in [2.75, 3.05) is 5.32 Å². The molecule has 0 unspecified atom stereocenters. The summed E-state index contributed by atoms with van der Waals surface area (Å²) in [7, 11) is -1.47. The molecule has 2 heterocycles. The first-order chi connectivity index (χ1) is 8.99. The number of furan rings is 1. The first-order valence-electron chi connectivity index (χ1n) is 5.68. The number of nitrogens with zero attached hydrogens (tertiary/aromatic N) is 1. The summed E-state index contributed by atoms with van der Waals surface area (Å²) in [5.74, 6) is 0.402. The highest BCUT2D eigenvalue weighted by atomic mass is 32.2. The average Bonchev–Trinajstić information content (AvgIpc) is 2.96. The van der Waals surface area contributed by atoms with Crippen LogP contribution in [-0.4, -0.2) is 20.5 Å². The molecule has 0 aromatic carbocycles. The highest BCUT2D eigenvalue weighted by molar-refractivity contribution is 7.86. The van der Waals surface area contributed by atoms with Crippen LogP contribution in [0.5, 0.6) is 0 Å². The first-order valence-corrected chi connectivity index (χ1v) is 6.89. The van der Waals surface area contributed by atoms with Crippen molar-refractivity contribution in [1.29, 1.82) is 0 Å². The largest absolute Gasteiger partial charge is 0.468 e. The molecule has 2 rings (SSSR count). The van der Waals surface area contributed by atoms with Gasteiger partial charge in [0, 0.05) is 6.07 Å². The van der Waals surface area contributed by atoms with Crippen LogP contribution in [0.3, 0.4) is 0 Å². The van der Waals surface area contributed by atoms with E-state index in [0.717, 1.165) is 0 Å². The summed E-state index contributed by atoms with van der Waals surface area (Å²) in [6.45, 7) is 5.04.